The summed E-state index contributed by atoms with van der Waals surface area (Å²) in [5.41, 5.74) is 1.51. The number of nitrogens with one attached hydrogen (secondary N) is 1. The molecule has 0 unspecified atom stereocenters. The minimum absolute atomic E-state index is 0.106. The van der Waals surface area contributed by atoms with Gasteiger partial charge in [0.25, 0.3) is 0 Å². The van der Waals surface area contributed by atoms with Crippen molar-refractivity contribution in [2.75, 3.05) is 0 Å². The largest absolute Gasteiger partial charge is 0.352 e. The molecule has 1 amide bonds. The average molecular weight is 400 g/mol. The Kier molecular flexibility index (Phi) is 5.17. The van der Waals surface area contributed by atoms with Crippen LogP contribution in [-0.4, -0.2) is 31.1 Å². The van der Waals surface area contributed by atoms with Crippen LogP contribution in [0.2, 0.25) is 5.02 Å². The highest BCUT2D eigenvalue weighted by molar-refractivity contribution is 6.30. The molecule has 146 valence electrons. The van der Waals surface area contributed by atoms with Crippen molar-refractivity contribution >= 4 is 23.2 Å². The molecule has 1 N–H and O–H groups in total. The lowest BCUT2D eigenvalue weighted by Gasteiger charge is -2.22. The molecule has 7 nitrogen and oxygen atoms in total. The second-order valence-electron chi connectivity index (χ2n) is 7.27. The van der Waals surface area contributed by atoms with Gasteiger partial charge in [0, 0.05) is 28.4 Å². The standard InChI is InChI=1S/C20H22ClN5O2/c1-13-10-17-24-25(12-18(27)23-16-8-3-2-4-9-16)20(28)26(17)19(22-13)14-6-5-7-15(21)11-14/h5-7,10-11,16H,2-4,8-9,12H2,1H3,(H,23,27). The molecule has 0 saturated heterocycles. The van der Waals surface area contributed by atoms with E-state index >= 15 is 0 Å². The Morgan fingerprint density at radius 3 is 2.79 bits per heavy atom. The molecule has 4 rings (SSSR count). The van der Waals surface area contributed by atoms with Gasteiger partial charge in [-0.1, -0.05) is 43.0 Å². The van der Waals surface area contributed by atoms with Gasteiger partial charge in [-0.3, -0.25) is 4.79 Å². The van der Waals surface area contributed by atoms with Gasteiger partial charge in [0.2, 0.25) is 5.91 Å². The highest BCUT2D eigenvalue weighted by Crippen LogP contribution is 2.21. The summed E-state index contributed by atoms with van der Waals surface area (Å²) >= 11 is 6.10. The van der Waals surface area contributed by atoms with E-state index in [1.807, 2.05) is 13.0 Å². The van der Waals surface area contributed by atoms with Crippen LogP contribution in [0.15, 0.2) is 35.1 Å². The average Bonchev–Trinajstić information content (AvgIpc) is 2.97. The van der Waals surface area contributed by atoms with Crippen molar-refractivity contribution in [2.24, 2.45) is 0 Å². The van der Waals surface area contributed by atoms with E-state index < -0.39 is 5.69 Å². The van der Waals surface area contributed by atoms with Gasteiger partial charge < -0.3 is 5.32 Å². The first-order valence-electron chi connectivity index (χ1n) is 9.54. The topological polar surface area (TPSA) is 81.3 Å². The zero-order chi connectivity index (χ0) is 19.7. The summed E-state index contributed by atoms with van der Waals surface area (Å²) in [6, 6.07) is 9.08. The number of nitrogens with zero attached hydrogens (tertiary/aromatic N) is 4. The quantitative estimate of drug-likeness (QED) is 0.731. The van der Waals surface area contributed by atoms with Crippen LogP contribution in [-0.2, 0) is 11.3 Å². The van der Waals surface area contributed by atoms with Crippen molar-refractivity contribution in [1.29, 1.82) is 0 Å². The molecule has 0 atom stereocenters. The normalized spacial score (nSPS) is 15.1. The monoisotopic (exact) mass is 399 g/mol. The summed E-state index contributed by atoms with van der Waals surface area (Å²) < 4.78 is 2.62. The van der Waals surface area contributed by atoms with E-state index in [1.54, 1.807) is 24.3 Å². The Hall–Kier alpha value is -2.67. The van der Waals surface area contributed by atoms with E-state index in [0.29, 0.717) is 16.5 Å². The number of fused-ring (bicyclic) bond motifs is 1. The molecular formula is C20H22ClN5O2. The molecular weight excluding hydrogens is 378 g/mol. The molecule has 2 heterocycles. The van der Waals surface area contributed by atoms with Crippen molar-refractivity contribution in [3.63, 3.8) is 0 Å². The van der Waals surface area contributed by atoms with Crippen LogP contribution in [0.3, 0.4) is 0 Å². The minimum atomic E-state index is -0.392. The van der Waals surface area contributed by atoms with Crippen molar-refractivity contribution in [3.8, 4) is 11.4 Å². The SMILES string of the molecule is Cc1cc2nn(CC(=O)NC3CCCCC3)c(=O)n2c(-c2cccc(Cl)c2)n1. The predicted molar refractivity (Wildman–Crippen MR) is 107 cm³/mol. The van der Waals surface area contributed by atoms with E-state index in [-0.39, 0.29) is 18.5 Å². The molecule has 8 heteroatoms. The van der Waals surface area contributed by atoms with E-state index in [4.69, 9.17) is 11.6 Å². The summed E-state index contributed by atoms with van der Waals surface area (Å²) in [4.78, 5) is 29.9. The minimum Gasteiger partial charge on any atom is -0.352 e. The molecule has 1 aliphatic carbocycles. The van der Waals surface area contributed by atoms with Gasteiger partial charge in [-0.2, -0.15) is 0 Å². The van der Waals surface area contributed by atoms with Crippen LogP contribution >= 0.6 is 11.6 Å². The summed E-state index contributed by atoms with van der Waals surface area (Å²) in [7, 11) is 0. The number of carbonyl (C=O) groups is 1. The zero-order valence-corrected chi connectivity index (χ0v) is 16.4. The second-order valence-corrected chi connectivity index (χ2v) is 7.70. The molecule has 1 aliphatic rings. The van der Waals surface area contributed by atoms with Crippen LogP contribution in [0.5, 0.6) is 0 Å². The summed E-state index contributed by atoms with van der Waals surface area (Å²) in [6.07, 6.45) is 5.47. The highest BCUT2D eigenvalue weighted by Gasteiger charge is 2.19. The molecule has 2 aromatic heterocycles. The Balaban J connectivity index is 1.67. The molecule has 0 spiro atoms. The number of carbonyl (C=O) groups excluding carboxylic acids is 1. The van der Waals surface area contributed by atoms with Crippen molar-refractivity contribution < 1.29 is 4.79 Å². The molecule has 28 heavy (non-hydrogen) atoms. The number of hydrogen-bond donors (Lipinski definition) is 1. The third kappa shape index (κ3) is 3.80. The Bertz CT molecular complexity index is 1080. The number of benzene rings is 1. The molecule has 1 fully saturated rings. The predicted octanol–water partition coefficient (Wildman–Crippen LogP) is 2.97. The number of hydrogen-bond acceptors (Lipinski definition) is 4. The van der Waals surface area contributed by atoms with E-state index in [9.17, 15) is 9.59 Å². The van der Waals surface area contributed by atoms with Gasteiger partial charge in [0.05, 0.1) is 0 Å². The van der Waals surface area contributed by atoms with Gasteiger partial charge >= 0.3 is 5.69 Å². The summed E-state index contributed by atoms with van der Waals surface area (Å²) in [6.45, 7) is 1.73. The Morgan fingerprint density at radius 2 is 2.04 bits per heavy atom. The van der Waals surface area contributed by atoms with Crippen LogP contribution < -0.4 is 11.0 Å². The number of rotatable bonds is 4. The first kappa shape index (κ1) is 18.7. The third-order valence-corrected chi connectivity index (χ3v) is 5.28. The van der Waals surface area contributed by atoms with E-state index in [2.05, 4.69) is 15.4 Å². The van der Waals surface area contributed by atoms with Gasteiger partial charge in [0.15, 0.2) is 5.65 Å². The van der Waals surface area contributed by atoms with Gasteiger partial charge in [-0.15, -0.1) is 5.10 Å². The maximum Gasteiger partial charge on any atom is 0.352 e. The van der Waals surface area contributed by atoms with E-state index in [1.165, 1.54) is 15.5 Å². The second kappa shape index (κ2) is 7.75. The first-order chi connectivity index (χ1) is 13.5. The zero-order valence-electron chi connectivity index (χ0n) is 15.7. The molecule has 3 aromatic rings. The fraction of sp³-hybridized carbons (Fsp3) is 0.400. The maximum absolute atomic E-state index is 13.0. The Labute approximate surface area is 167 Å². The Morgan fingerprint density at radius 1 is 1.25 bits per heavy atom. The van der Waals surface area contributed by atoms with Gasteiger partial charge in [-0.05, 0) is 31.9 Å². The smallest absolute Gasteiger partial charge is 0.352 e. The first-order valence-corrected chi connectivity index (χ1v) is 9.91. The molecule has 1 aromatic carbocycles. The van der Waals surface area contributed by atoms with Gasteiger partial charge in [0.1, 0.15) is 12.4 Å². The lowest BCUT2D eigenvalue weighted by atomic mass is 9.95. The van der Waals surface area contributed by atoms with Crippen LogP contribution in [0.4, 0.5) is 0 Å². The van der Waals surface area contributed by atoms with Crippen LogP contribution in [0.25, 0.3) is 17.0 Å². The number of amides is 1. The van der Waals surface area contributed by atoms with E-state index in [0.717, 1.165) is 36.9 Å². The lowest BCUT2D eigenvalue weighted by molar-refractivity contribution is -0.122. The molecule has 0 bridgehead atoms. The van der Waals surface area contributed by atoms with Crippen molar-refractivity contribution in [3.05, 3.63) is 51.5 Å². The molecule has 0 aliphatic heterocycles. The lowest BCUT2D eigenvalue weighted by Crippen LogP contribution is -2.40. The number of aromatic nitrogens is 4. The van der Waals surface area contributed by atoms with Crippen LogP contribution in [0.1, 0.15) is 37.8 Å². The fourth-order valence-corrected chi connectivity index (χ4v) is 3.92. The number of aryl methyl sites for hydroxylation is 1. The number of halogens is 1. The van der Waals surface area contributed by atoms with Crippen molar-refractivity contribution in [2.45, 2.75) is 51.6 Å². The highest BCUT2D eigenvalue weighted by atomic mass is 35.5. The maximum atomic E-state index is 13.0. The molecule has 0 radical (unpaired) electrons. The van der Waals surface area contributed by atoms with Crippen molar-refractivity contribution in [1.82, 2.24) is 24.5 Å². The third-order valence-electron chi connectivity index (χ3n) is 5.04. The summed E-state index contributed by atoms with van der Waals surface area (Å²) in [5, 5.41) is 7.93. The van der Waals surface area contributed by atoms with Gasteiger partial charge in [-0.25, -0.2) is 18.9 Å². The van der Waals surface area contributed by atoms with Crippen LogP contribution in [0, 0.1) is 6.92 Å². The summed E-state index contributed by atoms with van der Waals surface area (Å²) in [5.74, 6) is 0.271. The molecule has 1 saturated carbocycles. The fourth-order valence-electron chi connectivity index (χ4n) is 3.73.